The van der Waals surface area contributed by atoms with E-state index in [9.17, 15) is 4.79 Å². The molecule has 1 amide bonds. The van der Waals surface area contributed by atoms with Crippen molar-refractivity contribution < 1.29 is 19.2 Å². The third kappa shape index (κ3) is 4.10. The summed E-state index contributed by atoms with van der Waals surface area (Å²) in [6.07, 6.45) is 0. The van der Waals surface area contributed by atoms with Gasteiger partial charge < -0.3 is 29.2 Å². The molecule has 5 rings (SSSR count). The predicted molar refractivity (Wildman–Crippen MR) is 124 cm³/mol. The lowest BCUT2D eigenvalue weighted by molar-refractivity contribution is -0.892. The quantitative estimate of drug-likeness (QED) is 0.637. The maximum Gasteiger partial charge on any atom is 0.279 e. The van der Waals surface area contributed by atoms with E-state index in [-0.39, 0.29) is 5.91 Å². The number of benzene rings is 2. The smallest absolute Gasteiger partial charge is 0.279 e. The average molecular weight is 437 g/mol. The Morgan fingerprint density at radius 1 is 1.09 bits per heavy atom. The molecule has 2 aromatic carbocycles. The summed E-state index contributed by atoms with van der Waals surface area (Å²) in [7, 11) is 0. The van der Waals surface area contributed by atoms with E-state index in [2.05, 4.69) is 46.8 Å². The number of para-hydroxylation sites is 2. The molecule has 3 aromatic rings. The van der Waals surface area contributed by atoms with Crippen LogP contribution in [0.2, 0.25) is 0 Å². The molecule has 1 saturated heterocycles. The van der Waals surface area contributed by atoms with E-state index >= 15 is 0 Å². The van der Waals surface area contributed by atoms with E-state index in [0.717, 1.165) is 49.1 Å². The van der Waals surface area contributed by atoms with E-state index in [1.807, 2.05) is 24.3 Å². The van der Waals surface area contributed by atoms with Crippen molar-refractivity contribution in [1.82, 2.24) is 9.55 Å². The first kappa shape index (κ1) is 20.6. The van der Waals surface area contributed by atoms with E-state index in [4.69, 9.17) is 14.5 Å². The normalized spacial score (nSPS) is 16.5. The molecule has 0 radical (unpaired) electrons. The van der Waals surface area contributed by atoms with Gasteiger partial charge in [0.15, 0.2) is 18.0 Å². The first-order valence-electron chi connectivity index (χ1n) is 11.3. The zero-order chi connectivity index (χ0) is 22.1. The predicted octanol–water partition coefficient (Wildman–Crippen LogP) is 1.73. The van der Waals surface area contributed by atoms with Crippen LogP contribution in [0, 0.1) is 0 Å². The summed E-state index contributed by atoms with van der Waals surface area (Å²) in [5.41, 5.74) is 2.94. The molecule has 2 N–H and O–H groups in total. The molecule has 8 heteroatoms. The van der Waals surface area contributed by atoms with Crippen molar-refractivity contribution in [2.45, 2.75) is 19.9 Å². The number of nitrogens with one attached hydrogen (secondary N) is 2. The number of hydrogen-bond acceptors (Lipinski definition) is 5. The Morgan fingerprint density at radius 2 is 1.84 bits per heavy atom. The maximum absolute atomic E-state index is 12.6. The zero-order valence-corrected chi connectivity index (χ0v) is 18.6. The highest BCUT2D eigenvalue weighted by atomic mass is 16.6. The average Bonchev–Trinajstić information content (AvgIpc) is 3.19. The van der Waals surface area contributed by atoms with Crippen molar-refractivity contribution in [1.29, 1.82) is 0 Å². The summed E-state index contributed by atoms with van der Waals surface area (Å²) in [6.45, 7) is 9.48. The second-order valence-electron chi connectivity index (χ2n) is 8.68. The van der Waals surface area contributed by atoms with Gasteiger partial charge in [-0.2, -0.15) is 0 Å². The summed E-state index contributed by atoms with van der Waals surface area (Å²) in [6, 6.07) is 14.2. The van der Waals surface area contributed by atoms with Gasteiger partial charge in [0.2, 0.25) is 5.95 Å². The number of amides is 1. The van der Waals surface area contributed by atoms with Crippen LogP contribution in [-0.4, -0.2) is 61.4 Å². The van der Waals surface area contributed by atoms with E-state index in [0.29, 0.717) is 31.5 Å². The minimum Gasteiger partial charge on any atom is -0.486 e. The molecule has 1 fully saturated rings. The second kappa shape index (κ2) is 8.70. The standard InChI is InChI=1S/C24H29N5O3/c1-17(2)29-20-6-4-3-5-19(20)26-24(29)28-11-9-27(10-12-28)16-23(30)25-18-7-8-21-22(15-18)32-14-13-31-21/h3-8,15,17H,9-14,16H2,1-2H3,(H,25,30)/p+1. The van der Waals surface area contributed by atoms with Gasteiger partial charge in [-0.15, -0.1) is 0 Å². The van der Waals surface area contributed by atoms with Crippen LogP contribution in [-0.2, 0) is 4.79 Å². The van der Waals surface area contributed by atoms with E-state index in [1.54, 1.807) is 0 Å². The number of quaternary nitrogens is 1. The molecule has 168 valence electrons. The molecule has 0 aliphatic carbocycles. The Bertz CT molecular complexity index is 1120. The molecular weight excluding hydrogens is 406 g/mol. The Kier molecular flexibility index (Phi) is 5.61. The van der Waals surface area contributed by atoms with Gasteiger partial charge in [0.1, 0.15) is 13.2 Å². The second-order valence-corrected chi connectivity index (χ2v) is 8.68. The molecule has 2 aliphatic heterocycles. The molecule has 3 heterocycles. The van der Waals surface area contributed by atoms with Gasteiger partial charge in [-0.1, -0.05) is 12.1 Å². The minimum absolute atomic E-state index is 0.0135. The number of anilines is 2. The van der Waals surface area contributed by atoms with Crippen LogP contribution in [0.3, 0.4) is 0 Å². The van der Waals surface area contributed by atoms with Crippen LogP contribution in [0.1, 0.15) is 19.9 Å². The lowest BCUT2D eigenvalue weighted by Gasteiger charge is -2.33. The van der Waals surface area contributed by atoms with Gasteiger partial charge in [0.05, 0.1) is 37.2 Å². The molecule has 2 aliphatic rings. The topological polar surface area (TPSA) is 73.1 Å². The van der Waals surface area contributed by atoms with Crippen LogP contribution in [0.5, 0.6) is 11.5 Å². The van der Waals surface area contributed by atoms with Crippen LogP contribution >= 0.6 is 0 Å². The van der Waals surface area contributed by atoms with E-state index < -0.39 is 0 Å². The minimum atomic E-state index is 0.0135. The number of carbonyl (C=O) groups is 1. The summed E-state index contributed by atoms with van der Waals surface area (Å²) >= 11 is 0. The Morgan fingerprint density at radius 3 is 2.62 bits per heavy atom. The monoisotopic (exact) mass is 436 g/mol. The molecule has 8 nitrogen and oxygen atoms in total. The molecule has 0 bridgehead atoms. The van der Waals surface area contributed by atoms with Gasteiger partial charge >= 0.3 is 0 Å². The lowest BCUT2D eigenvalue weighted by atomic mass is 10.2. The number of carbonyl (C=O) groups excluding carboxylic acids is 1. The number of ether oxygens (including phenoxy) is 2. The van der Waals surface area contributed by atoms with Gasteiger partial charge in [-0.05, 0) is 38.1 Å². The summed E-state index contributed by atoms with van der Waals surface area (Å²) < 4.78 is 13.5. The lowest BCUT2D eigenvalue weighted by Crippen LogP contribution is -3.15. The molecule has 0 spiro atoms. The van der Waals surface area contributed by atoms with Crippen LogP contribution in [0.4, 0.5) is 11.6 Å². The van der Waals surface area contributed by atoms with Crippen molar-refractivity contribution in [3.8, 4) is 11.5 Å². The number of hydrogen-bond donors (Lipinski definition) is 2. The van der Waals surface area contributed by atoms with Crippen LogP contribution < -0.4 is 24.6 Å². The number of nitrogens with zero attached hydrogens (tertiary/aromatic N) is 3. The number of rotatable bonds is 5. The highest BCUT2D eigenvalue weighted by Gasteiger charge is 2.26. The van der Waals surface area contributed by atoms with Crippen LogP contribution in [0.25, 0.3) is 11.0 Å². The van der Waals surface area contributed by atoms with Gasteiger partial charge in [-0.25, -0.2) is 4.98 Å². The fourth-order valence-electron chi connectivity index (χ4n) is 4.52. The van der Waals surface area contributed by atoms with Gasteiger partial charge in [0, 0.05) is 17.8 Å². The van der Waals surface area contributed by atoms with Crippen molar-refractivity contribution >= 4 is 28.6 Å². The highest BCUT2D eigenvalue weighted by molar-refractivity contribution is 5.91. The van der Waals surface area contributed by atoms with Crippen molar-refractivity contribution in [3.63, 3.8) is 0 Å². The van der Waals surface area contributed by atoms with Gasteiger partial charge in [0.25, 0.3) is 5.91 Å². The summed E-state index contributed by atoms with van der Waals surface area (Å²) in [5.74, 6) is 2.45. The summed E-state index contributed by atoms with van der Waals surface area (Å²) in [5, 5.41) is 3.00. The number of aromatic nitrogens is 2. The van der Waals surface area contributed by atoms with Crippen molar-refractivity contribution in [2.24, 2.45) is 0 Å². The largest absolute Gasteiger partial charge is 0.486 e. The molecule has 32 heavy (non-hydrogen) atoms. The highest BCUT2D eigenvalue weighted by Crippen LogP contribution is 2.32. The fraction of sp³-hybridized carbons (Fsp3) is 0.417. The third-order valence-electron chi connectivity index (χ3n) is 6.08. The number of fused-ring (bicyclic) bond motifs is 2. The molecule has 0 unspecified atom stereocenters. The van der Waals surface area contributed by atoms with Crippen molar-refractivity contribution in [2.75, 3.05) is 56.2 Å². The maximum atomic E-state index is 12.6. The summed E-state index contributed by atoms with van der Waals surface area (Å²) in [4.78, 5) is 21.2. The molecule has 1 aromatic heterocycles. The van der Waals surface area contributed by atoms with Gasteiger partial charge in [-0.3, -0.25) is 4.79 Å². The zero-order valence-electron chi connectivity index (χ0n) is 18.6. The number of imidazole rings is 1. The third-order valence-corrected chi connectivity index (χ3v) is 6.08. The first-order valence-corrected chi connectivity index (χ1v) is 11.3. The fourth-order valence-corrected chi connectivity index (χ4v) is 4.52. The SMILES string of the molecule is CC(C)n1c(N2CC[NH+](CC(=O)Nc3ccc4c(c3)OCCO4)CC2)nc2ccccc21. The Hall–Kier alpha value is -3.26. The van der Waals surface area contributed by atoms with Crippen molar-refractivity contribution in [3.05, 3.63) is 42.5 Å². The van der Waals surface area contributed by atoms with E-state index in [1.165, 1.54) is 10.4 Å². The Balaban J connectivity index is 1.20. The number of piperazine rings is 1. The van der Waals surface area contributed by atoms with Crippen LogP contribution in [0.15, 0.2) is 42.5 Å². The molecular formula is C24H30N5O3+. The molecule has 0 saturated carbocycles. The molecule has 0 atom stereocenters. The first-order chi connectivity index (χ1) is 15.6. The Labute approximate surface area is 187 Å².